The summed E-state index contributed by atoms with van der Waals surface area (Å²) in [5.74, 6) is -4.65. The van der Waals surface area contributed by atoms with Crippen LogP contribution >= 0.6 is 0 Å². The maximum Gasteiger partial charge on any atom is 0.272 e. The van der Waals surface area contributed by atoms with Crippen molar-refractivity contribution in [2.45, 2.75) is 25.3 Å². The largest absolute Gasteiger partial charge is 0.330 e. The highest BCUT2D eigenvalue weighted by molar-refractivity contribution is 5.74. The fraction of sp³-hybridized carbons (Fsp3) is 0.417. The summed E-state index contributed by atoms with van der Waals surface area (Å²) in [5.41, 5.74) is -0.603. The van der Waals surface area contributed by atoms with Crippen LogP contribution in [0.3, 0.4) is 0 Å². The molecule has 0 aromatic heterocycles. The first-order chi connectivity index (χ1) is 9.21. The van der Waals surface area contributed by atoms with E-state index in [0.29, 0.717) is 6.07 Å². The SMILES string of the molecule is CC(=O)N1CC(F)(F)CC1c1ccc([N+](=O)[O-])cc1F. The van der Waals surface area contributed by atoms with Gasteiger partial charge < -0.3 is 4.90 Å². The summed E-state index contributed by atoms with van der Waals surface area (Å²) in [7, 11) is 0. The number of likely N-dealkylation sites (tertiary alicyclic amines) is 1. The van der Waals surface area contributed by atoms with E-state index in [-0.39, 0.29) is 5.56 Å². The van der Waals surface area contributed by atoms with Crippen LogP contribution in [-0.4, -0.2) is 28.2 Å². The third-order valence-electron chi connectivity index (χ3n) is 3.23. The summed E-state index contributed by atoms with van der Waals surface area (Å²) in [5, 5.41) is 10.5. The molecule has 1 saturated heterocycles. The Hall–Kier alpha value is -2.12. The van der Waals surface area contributed by atoms with Crippen LogP contribution in [0.5, 0.6) is 0 Å². The summed E-state index contributed by atoms with van der Waals surface area (Å²) in [6.07, 6.45) is -0.693. The smallest absolute Gasteiger partial charge is 0.272 e. The Morgan fingerprint density at radius 3 is 2.65 bits per heavy atom. The number of nitro benzene ring substituents is 1. The van der Waals surface area contributed by atoms with Crippen LogP contribution in [0, 0.1) is 15.9 Å². The Balaban J connectivity index is 2.39. The first-order valence-electron chi connectivity index (χ1n) is 5.80. The van der Waals surface area contributed by atoms with E-state index in [1.165, 1.54) is 0 Å². The molecule has 0 N–H and O–H groups in total. The number of alkyl halides is 2. The molecule has 0 bridgehead atoms. The van der Waals surface area contributed by atoms with E-state index < -0.39 is 47.3 Å². The quantitative estimate of drug-likeness (QED) is 0.621. The van der Waals surface area contributed by atoms with Crippen LogP contribution in [0.15, 0.2) is 18.2 Å². The van der Waals surface area contributed by atoms with Gasteiger partial charge in [-0.1, -0.05) is 0 Å². The second kappa shape index (κ2) is 4.77. The van der Waals surface area contributed by atoms with Crippen molar-refractivity contribution in [2.75, 3.05) is 6.54 Å². The summed E-state index contributed by atoms with van der Waals surface area (Å²) >= 11 is 0. The third-order valence-corrected chi connectivity index (χ3v) is 3.23. The summed E-state index contributed by atoms with van der Waals surface area (Å²) in [4.78, 5) is 22.0. The van der Waals surface area contributed by atoms with Crippen LogP contribution in [0.25, 0.3) is 0 Å². The van der Waals surface area contributed by atoms with Gasteiger partial charge in [0.15, 0.2) is 0 Å². The molecule has 1 aromatic carbocycles. The minimum atomic E-state index is -3.09. The number of hydrogen-bond donors (Lipinski definition) is 0. The molecule has 1 aliphatic heterocycles. The molecule has 1 atom stereocenters. The lowest BCUT2D eigenvalue weighted by Gasteiger charge is -2.22. The fourth-order valence-electron chi connectivity index (χ4n) is 2.33. The van der Waals surface area contributed by atoms with E-state index in [0.717, 1.165) is 24.0 Å². The number of rotatable bonds is 2. The van der Waals surface area contributed by atoms with Gasteiger partial charge in [-0.25, -0.2) is 13.2 Å². The molecule has 2 rings (SSSR count). The topological polar surface area (TPSA) is 63.5 Å². The Morgan fingerprint density at radius 1 is 1.50 bits per heavy atom. The zero-order valence-corrected chi connectivity index (χ0v) is 10.5. The van der Waals surface area contributed by atoms with Crippen molar-refractivity contribution in [3.63, 3.8) is 0 Å². The van der Waals surface area contributed by atoms with E-state index >= 15 is 0 Å². The van der Waals surface area contributed by atoms with Gasteiger partial charge >= 0.3 is 0 Å². The summed E-state index contributed by atoms with van der Waals surface area (Å²) < 4.78 is 40.7. The molecule has 0 aliphatic carbocycles. The monoisotopic (exact) mass is 288 g/mol. The zero-order chi connectivity index (χ0) is 15.1. The second-order valence-corrected chi connectivity index (χ2v) is 4.69. The molecule has 8 heteroatoms. The van der Waals surface area contributed by atoms with Crippen molar-refractivity contribution < 1.29 is 22.9 Å². The number of carbonyl (C=O) groups is 1. The average Bonchev–Trinajstić information content (AvgIpc) is 2.65. The van der Waals surface area contributed by atoms with Crippen LogP contribution in [0.1, 0.15) is 24.9 Å². The Bertz CT molecular complexity index is 577. The number of nitrogens with zero attached hydrogens (tertiary/aromatic N) is 2. The highest BCUT2D eigenvalue weighted by Gasteiger charge is 2.47. The lowest BCUT2D eigenvalue weighted by atomic mass is 10.0. The maximum absolute atomic E-state index is 13.9. The Morgan fingerprint density at radius 2 is 2.15 bits per heavy atom. The summed E-state index contributed by atoms with van der Waals surface area (Å²) in [6.45, 7) is 0.348. The van der Waals surface area contributed by atoms with Gasteiger partial charge in [-0.05, 0) is 6.07 Å². The maximum atomic E-state index is 13.9. The van der Waals surface area contributed by atoms with Crippen molar-refractivity contribution >= 4 is 11.6 Å². The predicted molar refractivity (Wildman–Crippen MR) is 62.7 cm³/mol. The second-order valence-electron chi connectivity index (χ2n) is 4.69. The first kappa shape index (κ1) is 14.3. The molecule has 1 fully saturated rings. The van der Waals surface area contributed by atoms with Crippen molar-refractivity contribution in [1.82, 2.24) is 4.90 Å². The summed E-state index contributed by atoms with van der Waals surface area (Å²) in [6, 6.07) is 1.68. The van der Waals surface area contributed by atoms with Crippen LogP contribution in [0.2, 0.25) is 0 Å². The van der Waals surface area contributed by atoms with Gasteiger partial charge in [0.05, 0.1) is 23.6 Å². The normalized spacial score (nSPS) is 21.0. The molecule has 1 aromatic rings. The van der Waals surface area contributed by atoms with E-state index in [1.54, 1.807) is 0 Å². The van der Waals surface area contributed by atoms with E-state index in [4.69, 9.17) is 0 Å². The molecular weight excluding hydrogens is 277 g/mol. The van der Waals surface area contributed by atoms with E-state index in [1.807, 2.05) is 0 Å². The van der Waals surface area contributed by atoms with E-state index in [2.05, 4.69) is 0 Å². The molecule has 1 heterocycles. The molecule has 108 valence electrons. The zero-order valence-electron chi connectivity index (χ0n) is 10.5. The van der Waals surface area contributed by atoms with Crippen LogP contribution in [0.4, 0.5) is 18.9 Å². The average molecular weight is 288 g/mol. The van der Waals surface area contributed by atoms with Crippen molar-refractivity contribution in [1.29, 1.82) is 0 Å². The minimum absolute atomic E-state index is 0.136. The first-order valence-corrected chi connectivity index (χ1v) is 5.80. The molecule has 20 heavy (non-hydrogen) atoms. The number of hydrogen-bond acceptors (Lipinski definition) is 3. The third kappa shape index (κ3) is 2.59. The highest BCUT2D eigenvalue weighted by Crippen LogP contribution is 2.42. The predicted octanol–water partition coefficient (Wildman–Crippen LogP) is 2.66. The molecular formula is C12H11F3N2O3. The standard InChI is InChI=1S/C12H11F3N2O3/c1-7(18)16-6-12(14,15)5-11(16)9-3-2-8(17(19)20)4-10(9)13/h2-4,11H,5-6H2,1H3. The van der Waals surface area contributed by atoms with Crippen molar-refractivity contribution in [2.24, 2.45) is 0 Å². The number of nitro groups is 1. The van der Waals surface area contributed by atoms with Gasteiger partial charge in [-0.3, -0.25) is 14.9 Å². The van der Waals surface area contributed by atoms with Crippen molar-refractivity contribution in [3.8, 4) is 0 Å². The van der Waals surface area contributed by atoms with Gasteiger partial charge in [0.25, 0.3) is 11.6 Å². The lowest BCUT2D eigenvalue weighted by molar-refractivity contribution is -0.385. The lowest BCUT2D eigenvalue weighted by Crippen LogP contribution is -2.31. The van der Waals surface area contributed by atoms with Crippen molar-refractivity contribution in [3.05, 3.63) is 39.7 Å². The van der Waals surface area contributed by atoms with Gasteiger partial charge in [-0.2, -0.15) is 0 Å². The van der Waals surface area contributed by atoms with Crippen LogP contribution in [-0.2, 0) is 4.79 Å². The molecule has 1 amide bonds. The van der Waals surface area contributed by atoms with Crippen LogP contribution < -0.4 is 0 Å². The number of halogens is 3. The number of non-ortho nitro benzene ring substituents is 1. The Labute approximate surface area is 112 Å². The molecule has 0 radical (unpaired) electrons. The molecule has 1 aliphatic rings. The number of carbonyl (C=O) groups excluding carboxylic acids is 1. The molecule has 0 saturated carbocycles. The van der Waals surface area contributed by atoms with Gasteiger partial charge in [0, 0.05) is 25.0 Å². The number of benzene rings is 1. The fourth-order valence-corrected chi connectivity index (χ4v) is 2.33. The van der Waals surface area contributed by atoms with Gasteiger partial charge in [-0.15, -0.1) is 0 Å². The highest BCUT2D eigenvalue weighted by atomic mass is 19.3. The Kier molecular flexibility index (Phi) is 3.41. The molecule has 5 nitrogen and oxygen atoms in total. The van der Waals surface area contributed by atoms with Gasteiger partial charge in [0.2, 0.25) is 5.91 Å². The van der Waals surface area contributed by atoms with E-state index in [9.17, 15) is 28.1 Å². The molecule has 0 spiro atoms. The van der Waals surface area contributed by atoms with Gasteiger partial charge in [0.1, 0.15) is 5.82 Å². The number of amides is 1. The molecule has 1 unspecified atom stereocenters. The minimum Gasteiger partial charge on any atom is -0.330 e.